The number of hydrogen-bond donors (Lipinski definition) is 0. The zero-order valence-corrected chi connectivity index (χ0v) is 15.7. The van der Waals surface area contributed by atoms with Crippen LogP contribution in [0.2, 0.25) is 0 Å². The first-order valence-corrected chi connectivity index (χ1v) is 9.89. The van der Waals surface area contributed by atoms with Gasteiger partial charge in [-0.3, -0.25) is 14.5 Å². The van der Waals surface area contributed by atoms with E-state index in [1.807, 2.05) is 40.1 Å². The zero-order valence-electron chi connectivity index (χ0n) is 14.9. The van der Waals surface area contributed by atoms with E-state index in [4.69, 9.17) is 0 Å². The fourth-order valence-corrected chi connectivity index (χ4v) is 4.87. The van der Waals surface area contributed by atoms with Gasteiger partial charge in [-0.1, -0.05) is 18.2 Å². The number of nitrogens with zero attached hydrogens (tertiary/aromatic N) is 3. The highest BCUT2D eigenvalue weighted by Crippen LogP contribution is 2.35. The van der Waals surface area contributed by atoms with Gasteiger partial charge in [-0.15, -0.1) is 0 Å². The number of carbonyl (C=O) groups is 2. The molecule has 0 radical (unpaired) electrons. The summed E-state index contributed by atoms with van der Waals surface area (Å²) in [6.07, 6.45) is 0.896. The Kier molecular flexibility index (Phi) is 4.54. The SMILES string of the molecule is CC(=O)N1CC(=O)N(c2ccccc2)C[C@@]12CCN(Cc1ccsc1)C2. The lowest BCUT2D eigenvalue weighted by Gasteiger charge is -2.48. The molecule has 0 N–H and O–H groups in total. The molecule has 1 aromatic heterocycles. The lowest BCUT2D eigenvalue weighted by molar-refractivity contribution is -0.142. The van der Waals surface area contributed by atoms with Gasteiger partial charge in [-0.25, -0.2) is 0 Å². The van der Waals surface area contributed by atoms with Crippen LogP contribution in [0.1, 0.15) is 18.9 Å². The standard InChI is InChI=1S/C20H23N3O2S/c1-16(24)23-12-19(25)22(18-5-3-2-4-6-18)15-20(23)8-9-21(14-20)11-17-7-10-26-13-17/h2-7,10,13H,8-9,11-12,14-15H2,1H3/t20-/m0/s1. The van der Waals surface area contributed by atoms with Gasteiger partial charge in [0.15, 0.2) is 0 Å². The molecule has 2 saturated heterocycles. The molecule has 2 aromatic rings. The molecule has 2 fully saturated rings. The molecule has 5 nitrogen and oxygen atoms in total. The van der Waals surface area contributed by atoms with Crippen LogP contribution in [-0.4, -0.2) is 53.3 Å². The van der Waals surface area contributed by atoms with Gasteiger partial charge in [-0.2, -0.15) is 11.3 Å². The number of benzene rings is 1. The quantitative estimate of drug-likeness (QED) is 0.835. The van der Waals surface area contributed by atoms with Crippen molar-refractivity contribution in [1.82, 2.24) is 9.80 Å². The third kappa shape index (κ3) is 3.15. The Bertz CT molecular complexity index is 793. The number of para-hydroxylation sites is 1. The van der Waals surface area contributed by atoms with E-state index in [2.05, 4.69) is 21.7 Å². The fraction of sp³-hybridized carbons (Fsp3) is 0.400. The first-order valence-electron chi connectivity index (χ1n) is 8.94. The Morgan fingerprint density at radius 2 is 2.00 bits per heavy atom. The minimum Gasteiger partial charge on any atom is -0.325 e. The van der Waals surface area contributed by atoms with Crippen molar-refractivity contribution in [2.45, 2.75) is 25.4 Å². The molecule has 0 aliphatic carbocycles. The van der Waals surface area contributed by atoms with E-state index in [0.29, 0.717) is 6.54 Å². The highest BCUT2D eigenvalue weighted by Gasteiger charge is 2.50. The third-order valence-corrected chi connectivity index (χ3v) is 6.20. The Morgan fingerprint density at radius 3 is 2.69 bits per heavy atom. The Balaban J connectivity index is 1.59. The van der Waals surface area contributed by atoms with Gasteiger partial charge in [0.05, 0.1) is 12.1 Å². The van der Waals surface area contributed by atoms with Crippen LogP contribution in [0.5, 0.6) is 0 Å². The zero-order chi connectivity index (χ0) is 18.1. The van der Waals surface area contributed by atoms with Crippen LogP contribution in [0.15, 0.2) is 47.2 Å². The van der Waals surface area contributed by atoms with Crippen LogP contribution >= 0.6 is 11.3 Å². The molecule has 1 atom stereocenters. The van der Waals surface area contributed by atoms with Gasteiger partial charge in [0.1, 0.15) is 6.54 Å². The summed E-state index contributed by atoms with van der Waals surface area (Å²) in [5.41, 5.74) is 1.93. The smallest absolute Gasteiger partial charge is 0.246 e. The predicted octanol–water partition coefficient (Wildman–Crippen LogP) is 2.59. The Labute approximate surface area is 157 Å². The minimum atomic E-state index is -0.300. The molecule has 26 heavy (non-hydrogen) atoms. The van der Waals surface area contributed by atoms with E-state index in [9.17, 15) is 9.59 Å². The number of rotatable bonds is 3. The van der Waals surface area contributed by atoms with Crippen LogP contribution in [0.25, 0.3) is 0 Å². The molecule has 0 bridgehead atoms. The summed E-state index contributed by atoms with van der Waals surface area (Å²) < 4.78 is 0. The van der Waals surface area contributed by atoms with Crippen LogP contribution < -0.4 is 4.90 Å². The van der Waals surface area contributed by atoms with Crippen LogP contribution in [0.4, 0.5) is 5.69 Å². The average molecular weight is 369 g/mol. The van der Waals surface area contributed by atoms with Crippen LogP contribution in [-0.2, 0) is 16.1 Å². The minimum absolute atomic E-state index is 0.00619. The van der Waals surface area contributed by atoms with Gasteiger partial charge < -0.3 is 9.80 Å². The summed E-state index contributed by atoms with van der Waals surface area (Å²) in [7, 11) is 0. The second-order valence-corrected chi connectivity index (χ2v) is 8.02. The topological polar surface area (TPSA) is 43.9 Å². The highest BCUT2D eigenvalue weighted by atomic mass is 32.1. The molecular formula is C20H23N3O2S. The molecular weight excluding hydrogens is 346 g/mol. The van der Waals surface area contributed by atoms with E-state index in [-0.39, 0.29) is 23.9 Å². The van der Waals surface area contributed by atoms with Crippen LogP contribution in [0, 0.1) is 0 Å². The second-order valence-electron chi connectivity index (χ2n) is 7.24. The number of amides is 2. The number of hydrogen-bond acceptors (Lipinski definition) is 4. The summed E-state index contributed by atoms with van der Waals surface area (Å²) in [4.78, 5) is 31.1. The van der Waals surface area contributed by atoms with E-state index in [0.717, 1.165) is 31.7 Å². The number of thiophene rings is 1. The van der Waals surface area contributed by atoms with Crippen molar-refractivity contribution in [3.8, 4) is 0 Å². The largest absolute Gasteiger partial charge is 0.325 e. The maximum atomic E-state index is 12.7. The molecule has 3 heterocycles. The van der Waals surface area contributed by atoms with Gasteiger partial charge in [-0.05, 0) is 40.9 Å². The van der Waals surface area contributed by atoms with Gasteiger partial charge in [0, 0.05) is 32.2 Å². The molecule has 1 spiro atoms. The summed E-state index contributed by atoms with van der Waals surface area (Å²) in [5.74, 6) is -0.0169. The first-order chi connectivity index (χ1) is 12.6. The Hall–Kier alpha value is -2.18. The summed E-state index contributed by atoms with van der Waals surface area (Å²) in [5, 5.41) is 4.27. The van der Waals surface area contributed by atoms with Gasteiger partial charge in [0.25, 0.3) is 0 Å². The maximum Gasteiger partial charge on any atom is 0.246 e. The van der Waals surface area contributed by atoms with Crippen molar-refractivity contribution in [2.24, 2.45) is 0 Å². The number of anilines is 1. The second kappa shape index (κ2) is 6.85. The van der Waals surface area contributed by atoms with E-state index < -0.39 is 0 Å². The van der Waals surface area contributed by atoms with Crippen LogP contribution in [0.3, 0.4) is 0 Å². The van der Waals surface area contributed by atoms with Gasteiger partial charge in [0.2, 0.25) is 11.8 Å². The highest BCUT2D eigenvalue weighted by molar-refractivity contribution is 7.07. The summed E-state index contributed by atoms with van der Waals surface area (Å²) in [6, 6.07) is 11.9. The molecule has 0 saturated carbocycles. The van der Waals surface area contributed by atoms with Crippen molar-refractivity contribution in [2.75, 3.05) is 31.1 Å². The maximum absolute atomic E-state index is 12.7. The lowest BCUT2D eigenvalue weighted by atomic mass is 9.91. The molecule has 2 amide bonds. The molecule has 6 heteroatoms. The first kappa shape index (κ1) is 17.2. The number of likely N-dealkylation sites (tertiary alicyclic amines) is 1. The summed E-state index contributed by atoms with van der Waals surface area (Å²) in [6.45, 7) is 4.95. The van der Waals surface area contributed by atoms with Crippen molar-refractivity contribution in [3.63, 3.8) is 0 Å². The normalized spacial score (nSPS) is 23.8. The monoisotopic (exact) mass is 369 g/mol. The molecule has 1 aromatic carbocycles. The third-order valence-electron chi connectivity index (χ3n) is 5.47. The van der Waals surface area contributed by atoms with E-state index in [1.54, 1.807) is 18.3 Å². The summed E-state index contributed by atoms with van der Waals surface area (Å²) >= 11 is 1.71. The van der Waals surface area contributed by atoms with E-state index >= 15 is 0 Å². The van der Waals surface area contributed by atoms with Crippen molar-refractivity contribution in [3.05, 3.63) is 52.7 Å². The molecule has 4 rings (SSSR count). The number of carbonyl (C=O) groups excluding carboxylic acids is 2. The number of piperazine rings is 1. The van der Waals surface area contributed by atoms with Gasteiger partial charge >= 0.3 is 0 Å². The molecule has 2 aliphatic heterocycles. The predicted molar refractivity (Wildman–Crippen MR) is 103 cm³/mol. The lowest BCUT2D eigenvalue weighted by Crippen LogP contribution is -2.66. The molecule has 136 valence electrons. The average Bonchev–Trinajstić information content (AvgIpc) is 3.28. The van der Waals surface area contributed by atoms with Crippen molar-refractivity contribution < 1.29 is 9.59 Å². The van der Waals surface area contributed by atoms with E-state index in [1.165, 1.54) is 5.56 Å². The Morgan fingerprint density at radius 1 is 1.19 bits per heavy atom. The van der Waals surface area contributed by atoms with Crippen molar-refractivity contribution >= 4 is 28.8 Å². The molecule has 2 aliphatic rings. The fourth-order valence-electron chi connectivity index (χ4n) is 4.21. The van der Waals surface area contributed by atoms with Crippen molar-refractivity contribution in [1.29, 1.82) is 0 Å². The molecule has 0 unspecified atom stereocenters.